The fourth-order valence-electron chi connectivity index (χ4n) is 2.43. The quantitative estimate of drug-likeness (QED) is 0.591. The van der Waals surface area contributed by atoms with Gasteiger partial charge < -0.3 is 4.98 Å². The molecule has 2 heterocycles. The zero-order valence-corrected chi connectivity index (χ0v) is 13.8. The van der Waals surface area contributed by atoms with E-state index in [1.54, 1.807) is 16.3 Å². The predicted molar refractivity (Wildman–Crippen MR) is 91.5 cm³/mol. The molecule has 0 aliphatic heterocycles. The van der Waals surface area contributed by atoms with E-state index in [0.717, 1.165) is 22.1 Å². The molecule has 4 nitrogen and oxygen atoms in total. The van der Waals surface area contributed by atoms with E-state index in [1.807, 2.05) is 19.9 Å². The second kappa shape index (κ2) is 6.01. The SMILES string of the molecule is CCn1c(SCc2ccc(C)cc2)nc2cc(C)[nH]c2c1=O. The molecule has 0 aliphatic rings. The Morgan fingerprint density at radius 1 is 1.23 bits per heavy atom. The van der Waals surface area contributed by atoms with Gasteiger partial charge in [-0.25, -0.2) is 4.98 Å². The molecule has 0 bridgehead atoms. The summed E-state index contributed by atoms with van der Waals surface area (Å²) in [6.45, 7) is 6.61. The Kier molecular flexibility index (Phi) is 4.07. The van der Waals surface area contributed by atoms with Crippen molar-refractivity contribution in [2.45, 2.75) is 38.2 Å². The summed E-state index contributed by atoms with van der Waals surface area (Å²) in [6, 6.07) is 10.4. The molecule has 3 aromatic rings. The molecule has 0 fully saturated rings. The fraction of sp³-hybridized carbons (Fsp3) is 0.294. The normalized spacial score (nSPS) is 11.2. The first-order valence-corrected chi connectivity index (χ1v) is 8.35. The van der Waals surface area contributed by atoms with Crippen molar-refractivity contribution in [1.82, 2.24) is 14.5 Å². The summed E-state index contributed by atoms with van der Waals surface area (Å²) < 4.78 is 1.73. The molecule has 3 rings (SSSR count). The number of benzene rings is 1. The maximum absolute atomic E-state index is 12.5. The zero-order chi connectivity index (χ0) is 15.7. The summed E-state index contributed by atoms with van der Waals surface area (Å²) in [5.74, 6) is 0.807. The van der Waals surface area contributed by atoms with E-state index >= 15 is 0 Å². The maximum Gasteiger partial charge on any atom is 0.278 e. The molecule has 22 heavy (non-hydrogen) atoms. The second-order valence-electron chi connectivity index (χ2n) is 5.43. The Bertz CT molecular complexity index is 862. The standard InChI is InChI=1S/C17H19N3OS/c1-4-20-16(21)15-14(9-12(3)18-15)19-17(20)22-10-13-7-5-11(2)6-8-13/h5-9,18H,4,10H2,1-3H3. The number of nitrogens with zero attached hydrogens (tertiary/aromatic N) is 2. The van der Waals surface area contributed by atoms with Crippen LogP contribution in [0.3, 0.4) is 0 Å². The monoisotopic (exact) mass is 313 g/mol. The van der Waals surface area contributed by atoms with Gasteiger partial charge in [-0.1, -0.05) is 41.6 Å². The van der Waals surface area contributed by atoms with Crippen molar-refractivity contribution in [2.24, 2.45) is 0 Å². The summed E-state index contributed by atoms with van der Waals surface area (Å²) >= 11 is 1.61. The molecule has 0 amide bonds. The van der Waals surface area contributed by atoms with Gasteiger partial charge >= 0.3 is 0 Å². The topological polar surface area (TPSA) is 50.7 Å². The van der Waals surface area contributed by atoms with Gasteiger partial charge in [0, 0.05) is 18.0 Å². The Hall–Kier alpha value is -2.01. The summed E-state index contributed by atoms with van der Waals surface area (Å²) in [5.41, 5.74) is 4.80. The minimum absolute atomic E-state index is 0.00649. The first-order valence-electron chi connectivity index (χ1n) is 7.37. The molecule has 0 spiro atoms. The van der Waals surface area contributed by atoms with E-state index < -0.39 is 0 Å². The molecule has 0 aliphatic carbocycles. The van der Waals surface area contributed by atoms with Crippen molar-refractivity contribution in [2.75, 3.05) is 0 Å². The number of hydrogen-bond donors (Lipinski definition) is 1. The lowest BCUT2D eigenvalue weighted by atomic mass is 10.2. The lowest BCUT2D eigenvalue weighted by Crippen LogP contribution is -2.22. The van der Waals surface area contributed by atoms with Crippen LogP contribution in [-0.4, -0.2) is 14.5 Å². The van der Waals surface area contributed by atoms with Gasteiger partial charge in [-0.05, 0) is 32.4 Å². The van der Waals surface area contributed by atoms with Gasteiger partial charge in [0.2, 0.25) is 0 Å². The lowest BCUT2D eigenvalue weighted by molar-refractivity contribution is 0.633. The van der Waals surface area contributed by atoms with Gasteiger partial charge in [-0.3, -0.25) is 9.36 Å². The van der Waals surface area contributed by atoms with Crippen LogP contribution in [0.4, 0.5) is 0 Å². The Balaban J connectivity index is 1.95. The highest BCUT2D eigenvalue weighted by atomic mass is 32.2. The minimum atomic E-state index is 0.00649. The second-order valence-corrected chi connectivity index (χ2v) is 6.37. The molecule has 2 aromatic heterocycles. The molecule has 5 heteroatoms. The molecule has 1 aromatic carbocycles. The molecule has 0 saturated heterocycles. The van der Waals surface area contributed by atoms with Gasteiger partial charge in [0.15, 0.2) is 5.16 Å². The smallest absolute Gasteiger partial charge is 0.278 e. The van der Waals surface area contributed by atoms with E-state index in [-0.39, 0.29) is 5.56 Å². The van der Waals surface area contributed by atoms with Crippen LogP contribution >= 0.6 is 11.8 Å². The van der Waals surface area contributed by atoms with Crippen LogP contribution < -0.4 is 5.56 Å². The van der Waals surface area contributed by atoms with E-state index in [2.05, 4.69) is 41.2 Å². The average Bonchev–Trinajstić information content (AvgIpc) is 2.88. The van der Waals surface area contributed by atoms with Crippen molar-refractivity contribution in [3.8, 4) is 0 Å². The number of aromatic nitrogens is 3. The predicted octanol–water partition coefficient (Wildman–Crippen LogP) is 3.65. The van der Waals surface area contributed by atoms with Crippen LogP contribution in [0.25, 0.3) is 11.0 Å². The largest absolute Gasteiger partial charge is 0.353 e. The average molecular weight is 313 g/mol. The van der Waals surface area contributed by atoms with Crippen molar-refractivity contribution >= 4 is 22.8 Å². The lowest BCUT2D eigenvalue weighted by Gasteiger charge is -2.09. The van der Waals surface area contributed by atoms with Crippen molar-refractivity contribution in [1.29, 1.82) is 0 Å². The number of aryl methyl sites for hydroxylation is 2. The molecule has 0 saturated carbocycles. The first-order chi connectivity index (χ1) is 10.6. The van der Waals surface area contributed by atoms with Gasteiger partial charge in [-0.15, -0.1) is 0 Å². The van der Waals surface area contributed by atoms with E-state index in [1.165, 1.54) is 11.1 Å². The van der Waals surface area contributed by atoms with Crippen LogP contribution in [0, 0.1) is 13.8 Å². The zero-order valence-electron chi connectivity index (χ0n) is 13.0. The molecule has 1 N–H and O–H groups in total. The highest BCUT2D eigenvalue weighted by Gasteiger charge is 2.12. The molecule has 0 atom stereocenters. The Morgan fingerprint density at radius 2 is 1.95 bits per heavy atom. The van der Waals surface area contributed by atoms with Crippen molar-refractivity contribution < 1.29 is 0 Å². The van der Waals surface area contributed by atoms with Crippen molar-refractivity contribution in [3.63, 3.8) is 0 Å². The van der Waals surface area contributed by atoms with Crippen LogP contribution in [0.5, 0.6) is 0 Å². The highest BCUT2D eigenvalue weighted by molar-refractivity contribution is 7.98. The number of aromatic amines is 1. The molecule has 114 valence electrons. The molecular weight excluding hydrogens is 294 g/mol. The fourth-order valence-corrected chi connectivity index (χ4v) is 3.45. The first kappa shape index (κ1) is 14.9. The minimum Gasteiger partial charge on any atom is -0.353 e. The third-order valence-electron chi connectivity index (χ3n) is 3.64. The van der Waals surface area contributed by atoms with Gasteiger partial charge in [-0.2, -0.15) is 0 Å². The van der Waals surface area contributed by atoms with Crippen LogP contribution in [0.2, 0.25) is 0 Å². The summed E-state index contributed by atoms with van der Waals surface area (Å²) in [4.78, 5) is 20.3. The van der Waals surface area contributed by atoms with Crippen LogP contribution in [0.1, 0.15) is 23.7 Å². The summed E-state index contributed by atoms with van der Waals surface area (Å²) in [7, 11) is 0. The summed E-state index contributed by atoms with van der Waals surface area (Å²) in [6.07, 6.45) is 0. The number of H-pyrrole nitrogens is 1. The number of rotatable bonds is 4. The third kappa shape index (κ3) is 2.81. The maximum atomic E-state index is 12.5. The van der Waals surface area contributed by atoms with Crippen molar-refractivity contribution in [3.05, 3.63) is 57.5 Å². The molecule has 0 unspecified atom stereocenters. The molecular formula is C17H19N3OS. The van der Waals surface area contributed by atoms with Gasteiger partial charge in [0.25, 0.3) is 5.56 Å². The molecule has 0 radical (unpaired) electrons. The summed E-state index contributed by atoms with van der Waals surface area (Å²) in [5, 5.41) is 0.777. The van der Waals surface area contributed by atoms with E-state index in [9.17, 15) is 4.79 Å². The van der Waals surface area contributed by atoms with Crippen LogP contribution in [-0.2, 0) is 12.3 Å². The van der Waals surface area contributed by atoms with E-state index in [0.29, 0.717) is 12.1 Å². The number of fused-ring (bicyclic) bond motifs is 1. The Morgan fingerprint density at radius 3 is 2.64 bits per heavy atom. The Labute approximate surface area is 133 Å². The number of thioether (sulfide) groups is 1. The van der Waals surface area contributed by atoms with Gasteiger partial charge in [0.1, 0.15) is 5.52 Å². The highest BCUT2D eigenvalue weighted by Crippen LogP contribution is 2.22. The van der Waals surface area contributed by atoms with Crippen LogP contribution in [0.15, 0.2) is 40.3 Å². The van der Waals surface area contributed by atoms with Gasteiger partial charge in [0.05, 0.1) is 5.52 Å². The third-order valence-corrected chi connectivity index (χ3v) is 4.69. The number of nitrogens with one attached hydrogen (secondary N) is 1. The van der Waals surface area contributed by atoms with E-state index in [4.69, 9.17) is 0 Å². The number of hydrogen-bond acceptors (Lipinski definition) is 3.